The second-order valence-electron chi connectivity index (χ2n) is 7.76. The van der Waals surface area contributed by atoms with E-state index in [-0.39, 0.29) is 0 Å². The number of nitrogens with zero attached hydrogens (tertiary/aromatic N) is 3. The molecule has 3 aromatic rings. The van der Waals surface area contributed by atoms with Gasteiger partial charge in [-0.25, -0.2) is 0 Å². The molecule has 0 saturated carbocycles. The second kappa shape index (κ2) is 9.38. The number of amides is 1. The Kier molecular flexibility index (Phi) is 6.39. The zero-order valence-electron chi connectivity index (χ0n) is 17.4. The molecule has 4 rings (SSSR count). The Hall–Kier alpha value is -3.42. The molecule has 1 amide bonds. The lowest BCUT2D eigenvalue weighted by molar-refractivity contribution is -0.137. The molecule has 0 bridgehead atoms. The average Bonchev–Trinajstić information content (AvgIpc) is 3.08. The molecule has 0 radical (unpaired) electrons. The van der Waals surface area contributed by atoms with Crippen LogP contribution < -0.4 is 10.2 Å². The van der Waals surface area contributed by atoms with Gasteiger partial charge in [0.2, 0.25) is 0 Å². The summed E-state index contributed by atoms with van der Waals surface area (Å²) < 4.78 is 39.7. The minimum atomic E-state index is -4.61. The summed E-state index contributed by atoms with van der Waals surface area (Å²) >= 11 is 0. The first-order valence-corrected chi connectivity index (χ1v) is 10.6. The summed E-state index contributed by atoms with van der Waals surface area (Å²) in [6.45, 7) is 1.93. The molecule has 8 heteroatoms. The van der Waals surface area contributed by atoms with E-state index in [9.17, 15) is 18.0 Å². The highest BCUT2D eigenvalue weighted by molar-refractivity contribution is 6.05. The Morgan fingerprint density at radius 2 is 1.62 bits per heavy atom. The number of anilines is 2. The number of halogens is 3. The van der Waals surface area contributed by atoms with E-state index in [0.29, 0.717) is 16.9 Å². The van der Waals surface area contributed by atoms with Gasteiger partial charge >= 0.3 is 6.18 Å². The minimum absolute atomic E-state index is 0.378. The van der Waals surface area contributed by atoms with E-state index >= 15 is 0 Å². The van der Waals surface area contributed by atoms with Crippen LogP contribution in [0.3, 0.4) is 0 Å². The number of hydrogen-bond acceptors (Lipinski definition) is 4. The van der Waals surface area contributed by atoms with Crippen molar-refractivity contribution in [1.82, 2.24) is 10.2 Å². The zero-order valence-corrected chi connectivity index (χ0v) is 17.4. The lowest BCUT2D eigenvalue weighted by atomic mass is 10.1. The maximum atomic E-state index is 13.2. The Morgan fingerprint density at radius 1 is 0.875 bits per heavy atom. The van der Waals surface area contributed by atoms with Gasteiger partial charge in [-0.05, 0) is 49.2 Å². The molecule has 0 atom stereocenters. The number of rotatable bonds is 4. The Bertz CT molecular complexity index is 1080. The van der Waals surface area contributed by atoms with E-state index in [1.807, 2.05) is 18.2 Å². The predicted molar refractivity (Wildman–Crippen MR) is 118 cm³/mol. The molecule has 1 aromatic heterocycles. The van der Waals surface area contributed by atoms with Crippen LogP contribution in [0.15, 0.2) is 60.7 Å². The zero-order chi connectivity index (χ0) is 22.6. The summed E-state index contributed by atoms with van der Waals surface area (Å²) in [5.41, 5.74) is 0.315. The van der Waals surface area contributed by atoms with Gasteiger partial charge in [-0.2, -0.15) is 13.2 Å². The molecule has 1 saturated heterocycles. The lowest BCUT2D eigenvalue weighted by Gasteiger charge is -2.20. The lowest BCUT2D eigenvalue weighted by Crippen LogP contribution is -2.25. The summed E-state index contributed by atoms with van der Waals surface area (Å²) in [6, 6.07) is 15.3. The molecular formula is C24H23F3N4O. The van der Waals surface area contributed by atoms with Crippen molar-refractivity contribution >= 4 is 17.4 Å². The first-order chi connectivity index (χ1) is 15.4. The van der Waals surface area contributed by atoms with Crippen LogP contribution in [-0.2, 0) is 6.18 Å². The Labute approximate surface area is 184 Å². The number of benzene rings is 2. The van der Waals surface area contributed by atoms with Gasteiger partial charge in [0.05, 0.1) is 16.8 Å². The SMILES string of the molecule is O=C(Nc1cccc(-c2ccc(N3CCCCCC3)nn2)c1)c1ccccc1C(F)(F)F. The maximum Gasteiger partial charge on any atom is 0.417 e. The van der Waals surface area contributed by atoms with E-state index in [0.717, 1.165) is 43.9 Å². The highest BCUT2D eigenvalue weighted by Crippen LogP contribution is 2.32. The average molecular weight is 440 g/mol. The van der Waals surface area contributed by atoms with E-state index in [4.69, 9.17) is 0 Å². The molecule has 32 heavy (non-hydrogen) atoms. The van der Waals surface area contributed by atoms with E-state index in [2.05, 4.69) is 20.4 Å². The molecule has 1 fully saturated rings. The molecular weight excluding hydrogens is 417 g/mol. The van der Waals surface area contributed by atoms with Crippen LogP contribution in [0, 0.1) is 0 Å². The fourth-order valence-corrected chi connectivity index (χ4v) is 3.83. The monoisotopic (exact) mass is 440 g/mol. The van der Waals surface area contributed by atoms with Crippen molar-refractivity contribution in [2.24, 2.45) is 0 Å². The predicted octanol–water partition coefficient (Wildman–Crippen LogP) is 5.80. The molecule has 2 aromatic carbocycles. The Morgan fingerprint density at radius 3 is 2.31 bits per heavy atom. The smallest absolute Gasteiger partial charge is 0.355 e. The molecule has 1 aliphatic heterocycles. The van der Waals surface area contributed by atoms with Crippen molar-refractivity contribution in [3.63, 3.8) is 0 Å². The summed E-state index contributed by atoms with van der Waals surface area (Å²) in [5.74, 6) is 0.0153. The van der Waals surface area contributed by atoms with Gasteiger partial charge < -0.3 is 10.2 Å². The van der Waals surface area contributed by atoms with Crippen molar-refractivity contribution in [2.75, 3.05) is 23.3 Å². The fraction of sp³-hybridized carbons (Fsp3) is 0.292. The van der Waals surface area contributed by atoms with Crippen molar-refractivity contribution < 1.29 is 18.0 Å². The maximum absolute atomic E-state index is 13.2. The topological polar surface area (TPSA) is 58.1 Å². The number of nitrogens with one attached hydrogen (secondary N) is 1. The fourth-order valence-electron chi connectivity index (χ4n) is 3.83. The molecule has 166 valence electrons. The highest BCUT2D eigenvalue weighted by atomic mass is 19.4. The van der Waals surface area contributed by atoms with Crippen LogP contribution in [0.5, 0.6) is 0 Å². The molecule has 0 aliphatic carbocycles. The molecule has 0 spiro atoms. The molecule has 5 nitrogen and oxygen atoms in total. The summed E-state index contributed by atoms with van der Waals surface area (Å²) in [4.78, 5) is 14.8. The summed E-state index contributed by atoms with van der Waals surface area (Å²) in [7, 11) is 0. The van der Waals surface area contributed by atoms with Crippen LogP contribution in [-0.4, -0.2) is 29.2 Å². The number of aromatic nitrogens is 2. The summed E-state index contributed by atoms with van der Waals surface area (Å²) in [5, 5.41) is 11.2. The van der Waals surface area contributed by atoms with E-state index in [1.165, 1.54) is 25.0 Å². The molecule has 2 heterocycles. The molecule has 1 aliphatic rings. The third-order valence-corrected chi connectivity index (χ3v) is 5.47. The normalized spacial score (nSPS) is 14.7. The van der Waals surface area contributed by atoms with Crippen LogP contribution in [0.2, 0.25) is 0 Å². The summed E-state index contributed by atoms with van der Waals surface area (Å²) in [6.07, 6.45) is 0.133. The van der Waals surface area contributed by atoms with E-state index in [1.54, 1.807) is 18.2 Å². The van der Waals surface area contributed by atoms with Gasteiger partial charge in [-0.15, -0.1) is 10.2 Å². The van der Waals surface area contributed by atoms with Crippen molar-refractivity contribution in [3.05, 3.63) is 71.8 Å². The van der Waals surface area contributed by atoms with Gasteiger partial charge in [-0.3, -0.25) is 4.79 Å². The van der Waals surface area contributed by atoms with Crippen LogP contribution in [0.4, 0.5) is 24.7 Å². The number of carbonyl (C=O) groups is 1. The van der Waals surface area contributed by atoms with Crippen molar-refractivity contribution in [3.8, 4) is 11.3 Å². The number of carbonyl (C=O) groups excluding carboxylic acids is 1. The van der Waals surface area contributed by atoms with Crippen molar-refractivity contribution in [1.29, 1.82) is 0 Å². The van der Waals surface area contributed by atoms with Crippen LogP contribution in [0.1, 0.15) is 41.6 Å². The van der Waals surface area contributed by atoms with E-state index < -0.39 is 23.2 Å². The van der Waals surface area contributed by atoms with Crippen LogP contribution in [0.25, 0.3) is 11.3 Å². The largest absolute Gasteiger partial charge is 0.417 e. The van der Waals surface area contributed by atoms with Gasteiger partial charge in [0.1, 0.15) is 0 Å². The number of alkyl halides is 3. The number of hydrogen-bond donors (Lipinski definition) is 1. The molecule has 0 unspecified atom stereocenters. The third kappa shape index (κ3) is 5.07. The minimum Gasteiger partial charge on any atom is -0.355 e. The third-order valence-electron chi connectivity index (χ3n) is 5.47. The van der Waals surface area contributed by atoms with Gasteiger partial charge in [0.15, 0.2) is 5.82 Å². The second-order valence-corrected chi connectivity index (χ2v) is 7.76. The quantitative estimate of drug-likeness (QED) is 0.558. The van der Waals surface area contributed by atoms with Gasteiger partial charge in [0.25, 0.3) is 5.91 Å². The molecule has 1 N–H and O–H groups in total. The van der Waals surface area contributed by atoms with Crippen LogP contribution >= 0.6 is 0 Å². The standard InChI is InChI=1S/C24H23F3N4O/c25-24(26,27)20-11-4-3-10-19(20)23(32)28-18-9-7-8-17(16-18)21-12-13-22(30-29-21)31-14-5-1-2-6-15-31/h3-4,7-13,16H,1-2,5-6,14-15H2,(H,28,32). The highest BCUT2D eigenvalue weighted by Gasteiger charge is 2.34. The van der Waals surface area contributed by atoms with Gasteiger partial charge in [-0.1, -0.05) is 37.1 Å². The first-order valence-electron chi connectivity index (χ1n) is 10.6. The Balaban J connectivity index is 1.51. The first kappa shape index (κ1) is 21.8. The van der Waals surface area contributed by atoms with Crippen molar-refractivity contribution in [2.45, 2.75) is 31.9 Å². The van der Waals surface area contributed by atoms with Gasteiger partial charge in [0, 0.05) is 24.3 Å².